The van der Waals surface area contributed by atoms with Crippen LogP contribution in [0.2, 0.25) is 0 Å². The van der Waals surface area contributed by atoms with Gasteiger partial charge in [0.15, 0.2) is 12.3 Å². The maximum absolute atomic E-state index is 12.4. The molecule has 1 atom stereocenters. The molecule has 0 spiro atoms. The molecule has 3 aromatic rings. The molecule has 28 heavy (non-hydrogen) atoms. The van der Waals surface area contributed by atoms with E-state index in [2.05, 4.69) is 10.4 Å². The molecule has 3 rings (SSSR count). The van der Waals surface area contributed by atoms with Gasteiger partial charge >= 0.3 is 5.97 Å². The number of aryl methyl sites for hydroxylation is 1. The van der Waals surface area contributed by atoms with Crippen LogP contribution in [0.3, 0.4) is 0 Å². The van der Waals surface area contributed by atoms with E-state index in [0.29, 0.717) is 17.3 Å². The number of fused-ring (bicyclic) bond motifs is 1. The van der Waals surface area contributed by atoms with Crippen LogP contribution in [0.1, 0.15) is 28.9 Å². The molecule has 7 heteroatoms. The zero-order chi connectivity index (χ0) is 20.1. The number of carbonyl (C=O) groups is 2. The van der Waals surface area contributed by atoms with Crippen molar-refractivity contribution in [2.24, 2.45) is 7.05 Å². The van der Waals surface area contributed by atoms with E-state index < -0.39 is 18.5 Å². The summed E-state index contributed by atoms with van der Waals surface area (Å²) in [7, 11) is 1.46. The van der Waals surface area contributed by atoms with Gasteiger partial charge in [-0.2, -0.15) is 5.10 Å². The van der Waals surface area contributed by atoms with Gasteiger partial charge < -0.3 is 10.1 Å². The number of hydrogen-bond acceptors (Lipinski definition) is 5. The van der Waals surface area contributed by atoms with E-state index in [4.69, 9.17) is 4.74 Å². The predicted molar refractivity (Wildman–Crippen MR) is 105 cm³/mol. The van der Waals surface area contributed by atoms with Crippen molar-refractivity contribution in [3.05, 3.63) is 76.2 Å². The van der Waals surface area contributed by atoms with Gasteiger partial charge in [0.25, 0.3) is 11.5 Å². The first kappa shape index (κ1) is 19.3. The third-order valence-electron chi connectivity index (χ3n) is 4.46. The summed E-state index contributed by atoms with van der Waals surface area (Å²) in [6.45, 7) is 2.02. The number of hydrogen-bond donors (Lipinski definition) is 1. The number of carbonyl (C=O) groups excluding carboxylic acids is 2. The van der Waals surface area contributed by atoms with E-state index in [0.717, 1.165) is 10.2 Å². The Labute approximate surface area is 161 Å². The molecular formula is C21H21N3O4. The Morgan fingerprint density at radius 3 is 2.43 bits per heavy atom. The third kappa shape index (κ3) is 4.25. The molecule has 1 aromatic heterocycles. The van der Waals surface area contributed by atoms with Crippen LogP contribution in [-0.4, -0.2) is 34.8 Å². The van der Waals surface area contributed by atoms with Gasteiger partial charge in [0.05, 0.1) is 5.39 Å². The number of rotatable bonds is 6. The fraction of sp³-hybridized carbons (Fsp3) is 0.238. The third-order valence-corrected chi connectivity index (χ3v) is 4.46. The monoisotopic (exact) mass is 379 g/mol. The number of nitrogens with one attached hydrogen (secondary N) is 1. The second-order valence-corrected chi connectivity index (χ2v) is 6.51. The maximum atomic E-state index is 12.4. The Balaban J connectivity index is 1.61. The summed E-state index contributed by atoms with van der Waals surface area (Å²) in [4.78, 5) is 36.6. The molecule has 0 saturated carbocycles. The van der Waals surface area contributed by atoms with Crippen LogP contribution in [0.4, 0.5) is 0 Å². The summed E-state index contributed by atoms with van der Waals surface area (Å²) in [5.41, 5.74) is 0.809. The minimum Gasteiger partial charge on any atom is -0.451 e. The molecule has 0 aliphatic heterocycles. The molecule has 0 fully saturated rings. The SMILES string of the molecule is C[C@H](CNC(=O)COC(=O)c1nn(C)c(=O)c2ccccc12)c1ccccc1. The van der Waals surface area contributed by atoms with Crippen LogP contribution in [0.5, 0.6) is 0 Å². The average molecular weight is 379 g/mol. The van der Waals surface area contributed by atoms with Gasteiger partial charge in [0, 0.05) is 19.0 Å². The van der Waals surface area contributed by atoms with Crippen LogP contribution in [0, 0.1) is 0 Å². The highest BCUT2D eigenvalue weighted by Crippen LogP contribution is 2.14. The van der Waals surface area contributed by atoms with Crippen molar-refractivity contribution < 1.29 is 14.3 Å². The van der Waals surface area contributed by atoms with E-state index in [1.807, 2.05) is 37.3 Å². The summed E-state index contributed by atoms with van der Waals surface area (Å²) in [5.74, 6) is -1.02. The van der Waals surface area contributed by atoms with Gasteiger partial charge in [-0.05, 0) is 17.5 Å². The standard InChI is InChI=1S/C21H21N3O4/c1-14(15-8-4-3-5-9-15)12-22-18(25)13-28-21(27)19-16-10-6-7-11-17(16)20(26)24(2)23-19/h3-11,14H,12-13H2,1-2H3,(H,22,25)/t14-/m1/s1. The summed E-state index contributed by atoms with van der Waals surface area (Å²) in [6.07, 6.45) is 0. The summed E-state index contributed by atoms with van der Waals surface area (Å²) < 4.78 is 6.19. The smallest absolute Gasteiger partial charge is 0.359 e. The van der Waals surface area contributed by atoms with Gasteiger partial charge in [-0.1, -0.05) is 55.5 Å². The summed E-state index contributed by atoms with van der Waals surface area (Å²) >= 11 is 0. The van der Waals surface area contributed by atoms with E-state index in [-0.39, 0.29) is 17.2 Å². The van der Waals surface area contributed by atoms with Gasteiger partial charge in [-0.25, -0.2) is 9.48 Å². The van der Waals surface area contributed by atoms with Crippen molar-refractivity contribution in [1.82, 2.24) is 15.1 Å². The summed E-state index contributed by atoms with van der Waals surface area (Å²) in [6, 6.07) is 16.5. The van der Waals surface area contributed by atoms with Crippen molar-refractivity contribution in [2.45, 2.75) is 12.8 Å². The molecule has 0 aliphatic rings. The van der Waals surface area contributed by atoms with E-state index in [1.54, 1.807) is 24.3 Å². The predicted octanol–water partition coefficient (Wildman–Crippen LogP) is 2.01. The van der Waals surface area contributed by atoms with Gasteiger partial charge in [-0.3, -0.25) is 9.59 Å². The number of benzene rings is 2. The van der Waals surface area contributed by atoms with Crippen LogP contribution < -0.4 is 10.9 Å². The highest BCUT2D eigenvalue weighted by Gasteiger charge is 2.18. The zero-order valence-corrected chi connectivity index (χ0v) is 15.7. The Bertz CT molecular complexity index is 1060. The molecule has 0 unspecified atom stereocenters. The average Bonchev–Trinajstić information content (AvgIpc) is 2.73. The Morgan fingerprint density at radius 1 is 1.07 bits per heavy atom. The second kappa shape index (κ2) is 8.47. The maximum Gasteiger partial charge on any atom is 0.359 e. The van der Waals surface area contributed by atoms with Crippen LogP contribution in [-0.2, 0) is 16.6 Å². The Kier molecular flexibility index (Phi) is 5.84. The van der Waals surface area contributed by atoms with Crippen LogP contribution in [0.25, 0.3) is 10.8 Å². The lowest BCUT2D eigenvalue weighted by molar-refractivity contribution is -0.124. The van der Waals surface area contributed by atoms with E-state index in [9.17, 15) is 14.4 Å². The number of esters is 1. The molecule has 0 radical (unpaired) electrons. The number of nitrogens with zero attached hydrogens (tertiary/aromatic N) is 2. The number of ether oxygens (including phenoxy) is 1. The van der Waals surface area contributed by atoms with Crippen molar-refractivity contribution in [1.29, 1.82) is 0 Å². The lowest BCUT2D eigenvalue weighted by atomic mass is 10.0. The Hall–Kier alpha value is -3.48. The van der Waals surface area contributed by atoms with Gasteiger partial charge in [0.2, 0.25) is 0 Å². The van der Waals surface area contributed by atoms with Crippen LogP contribution >= 0.6 is 0 Å². The minimum atomic E-state index is -0.752. The first-order valence-corrected chi connectivity index (χ1v) is 8.92. The Morgan fingerprint density at radius 2 is 1.71 bits per heavy atom. The van der Waals surface area contributed by atoms with Crippen molar-refractivity contribution in [3.63, 3.8) is 0 Å². The molecule has 0 saturated heterocycles. The molecular weight excluding hydrogens is 358 g/mol. The van der Waals surface area contributed by atoms with E-state index >= 15 is 0 Å². The highest BCUT2D eigenvalue weighted by atomic mass is 16.5. The zero-order valence-electron chi connectivity index (χ0n) is 15.7. The molecule has 0 bridgehead atoms. The molecule has 1 amide bonds. The number of amides is 1. The van der Waals surface area contributed by atoms with Crippen LogP contribution in [0.15, 0.2) is 59.4 Å². The normalized spacial score (nSPS) is 11.8. The fourth-order valence-corrected chi connectivity index (χ4v) is 2.87. The van der Waals surface area contributed by atoms with Crippen molar-refractivity contribution in [2.75, 3.05) is 13.2 Å². The molecule has 2 aromatic carbocycles. The number of aromatic nitrogens is 2. The first-order chi connectivity index (χ1) is 13.5. The molecule has 1 N–H and O–H groups in total. The van der Waals surface area contributed by atoms with Crippen molar-refractivity contribution in [3.8, 4) is 0 Å². The lowest BCUT2D eigenvalue weighted by Crippen LogP contribution is -2.32. The lowest BCUT2D eigenvalue weighted by Gasteiger charge is -2.13. The second-order valence-electron chi connectivity index (χ2n) is 6.51. The van der Waals surface area contributed by atoms with Crippen molar-refractivity contribution >= 4 is 22.6 Å². The molecule has 144 valence electrons. The molecule has 1 heterocycles. The topological polar surface area (TPSA) is 90.3 Å². The summed E-state index contributed by atoms with van der Waals surface area (Å²) in [5, 5.41) is 7.51. The molecule has 0 aliphatic carbocycles. The van der Waals surface area contributed by atoms with Gasteiger partial charge in [0.1, 0.15) is 0 Å². The highest BCUT2D eigenvalue weighted by molar-refractivity contribution is 6.02. The first-order valence-electron chi connectivity index (χ1n) is 8.92. The molecule has 7 nitrogen and oxygen atoms in total. The van der Waals surface area contributed by atoms with Gasteiger partial charge in [-0.15, -0.1) is 0 Å². The van der Waals surface area contributed by atoms with E-state index in [1.165, 1.54) is 7.05 Å². The largest absolute Gasteiger partial charge is 0.451 e. The minimum absolute atomic E-state index is 0.00292. The fourth-order valence-electron chi connectivity index (χ4n) is 2.87. The quantitative estimate of drug-likeness (QED) is 0.662.